The van der Waals surface area contributed by atoms with Crippen molar-refractivity contribution < 1.29 is 26.3 Å². The van der Waals surface area contributed by atoms with Gasteiger partial charge in [-0.3, -0.25) is 0 Å². The molecule has 2 aromatic rings. The third-order valence-electron chi connectivity index (χ3n) is 3.47. The Morgan fingerprint density at radius 3 is 2.36 bits per heavy atom. The number of ether oxygens (including phenoxy) is 1. The number of hydrogen-bond acceptors (Lipinski definition) is 3. The molecule has 4 nitrogen and oxygen atoms in total. The van der Waals surface area contributed by atoms with Gasteiger partial charge in [-0.25, -0.2) is 13.1 Å². The van der Waals surface area contributed by atoms with Gasteiger partial charge >= 0.3 is 6.18 Å². The van der Waals surface area contributed by atoms with Gasteiger partial charge in [0.05, 0.1) is 10.5 Å². The lowest BCUT2D eigenvalue weighted by Gasteiger charge is -2.11. The van der Waals surface area contributed by atoms with Crippen molar-refractivity contribution in [2.75, 3.05) is 13.2 Å². The molecule has 0 saturated carbocycles. The fourth-order valence-electron chi connectivity index (χ4n) is 2.09. The normalized spacial score (nSPS) is 12.2. The lowest BCUT2D eigenvalue weighted by atomic mass is 10.2. The first-order valence-corrected chi connectivity index (χ1v) is 9.09. The van der Waals surface area contributed by atoms with Gasteiger partial charge in [-0.15, -0.1) is 0 Å². The first kappa shape index (κ1) is 19.3. The highest BCUT2D eigenvalue weighted by atomic mass is 32.2. The SMILES string of the molecule is CCc1ccc(S(=O)(=O)NCCOc2cccc(C(F)(F)F)c2)cc1. The van der Waals surface area contributed by atoms with Crippen LogP contribution in [0.5, 0.6) is 5.75 Å². The second-order valence-corrected chi connectivity index (χ2v) is 7.04. The van der Waals surface area contributed by atoms with Crippen molar-refractivity contribution >= 4 is 10.0 Å². The fraction of sp³-hybridized carbons (Fsp3) is 0.294. The maximum Gasteiger partial charge on any atom is 0.416 e. The van der Waals surface area contributed by atoms with Crippen molar-refractivity contribution in [1.29, 1.82) is 0 Å². The summed E-state index contributed by atoms with van der Waals surface area (Å²) in [6, 6.07) is 10.9. The summed E-state index contributed by atoms with van der Waals surface area (Å²) in [4.78, 5) is 0.128. The van der Waals surface area contributed by atoms with Gasteiger partial charge in [0.2, 0.25) is 10.0 Å². The molecule has 1 N–H and O–H groups in total. The van der Waals surface area contributed by atoms with Crippen molar-refractivity contribution in [1.82, 2.24) is 4.72 Å². The molecule has 0 aliphatic heterocycles. The summed E-state index contributed by atoms with van der Waals surface area (Å²) in [6.07, 6.45) is -3.65. The average Bonchev–Trinajstić information content (AvgIpc) is 2.58. The van der Waals surface area contributed by atoms with Crippen LogP contribution in [-0.4, -0.2) is 21.6 Å². The van der Waals surface area contributed by atoms with E-state index in [9.17, 15) is 21.6 Å². The van der Waals surface area contributed by atoms with Gasteiger partial charge in [-0.1, -0.05) is 25.1 Å². The minimum atomic E-state index is -4.45. The van der Waals surface area contributed by atoms with E-state index in [1.165, 1.54) is 24.3 Å². The molecular weight excluding hydrogens is 355 g/mol. The second kappa shape index (κ2) is 7.88. The van der Waals surface area contributed by atoms with Crippen molar-refractivity contribution in [2.45, 2.75) is 24.4 Å². The van der Waals surface area contributed by atoms with Crippen LogP contribution >= 0.6 is 0 Å². The van der Waals surface area contributed by atoms with Crippen molar-refractivity contribution in [3.05, 3.63) is 59.7 Å². The van der Waals surface area contributed by atoms with Crippen LogP contribution in [0.25, 0.3) is 0 Å². The van der Waals surface area contributed by atoms with E-state index in [0.29, 0.717) is 0 Å². The Labute approximate surface area is 144 Å². The number of halogens is 3. The van der Waals surface area contributed by atoms with Crippen LogP contribution in [0, 0.1) is 0 Å². The van der Waals surface area contributed by atoms with Crippen LogP contribution in [0.2, 0.25) is 0 Å². The third-order valence-corrected chi connectivity index (χ3v) is 4.94. The Balaban J connectivity index is 1.90. The molecule has 0 bridgehead atoms. The molecular formula is C17H18F3NO3S. The van der Waals surface area contributed by atoms with E-state index in [4.69, 9.17) is 4.74 Å². The van der Waals surface area contributed by atoms with Crippen LogP contribution in [0.15, 0.2) is 53.4 Å². The molecule has 0 aliphatic carbocycles. The molecule has 25 heavy (non-hydrogen) atoms. The number of rotatable bonds is 7. The molecule has 0 saturated heterocycles. The predicted molar refractivity (Wildman–Crippen MR) is 87.9 cm³/mol. The minimum absolute atomic E-state index is 0.0290. The summed E-state index contributed by atoms with van der Waals surface area (Å²) in [5.74, 6) is 0.0290. The number of sulfonamides is 1. The summed E-state index contributed by atoms with van der Waals surface area (Å²) in [5, 5.41) is 0. The number of alkyl halides is 3. The zero-order valence-electron chi connectivity index (χ0n) is 13.5. The number of hydrogen-bond donors (Lipinski definition) is 1. The fourth-order valence-corrected chi connectivity index (χ4v) is 3.11. The van der Waals surface area contributed by atoms with E-state index in [2.05, 4.69) is 4.72 Å². The number of nitrogens with one attached hydrogen (secondary N) is 1. The lowest BCUT2D eigenvalue weighted by Crippen LogP contribution is -2.28. The summed E-state index contributed by atoms with van der Waals surface area (Å²) >= 11 is 0. The second-order valence-electron chi connectivity index (χ2n) is 5.27. The molecule has 136 valence electrons. The molecule has 0 radical (unpaired) electrons. The number of aryl methyl sites for hydroxylation is 1. The summed E-state index contributed by atoms with van der Waals surface area (Å²) in [7, 11) is -3.68. The molecule has 2 aromatic carbocycles. The minimum Gasteiger partial charge on any atom is -0.492 e. The first-order valence-electron chi connectivity index (χ1n) is 7.61. The Kier molecular flexibility index (Phi) is 6.07. The van der Waals surface area contributed by atoms with Gasteiger partial charge in [-0.2, -0.15) is 13.2 Å². The van der Waals surface area contributed by atoms with Crippen LogP contribution in [0.3, 0.4) is 0 Å². The monoisotopic (exact) mass is 373 g/mol. The highest BCUT2D eigenvalue weighted by Gasteiger charge is 2.30. The Morgan fingerprint density at radius 2 is 1.76 bits per heavy atom. The standard InChI is InChI=1S/C17H18F3NO3S/c1-2-13-6-8-16(9-7-13)25(22,23)21-10-11-24-15-5-3-4-14(12-15)17(18,19)20/h3-9,12,21H,2,10-11H2,1H3. The van der Waals surface area contributed by atoms with Crippen LogP contribution in [0.4, 0.5) is 13.2 Å². The van der Waals surface area contributed by atoms with Crippen molar-refractivity contribution in [3.63, 3.8) is 0 Å². The summed E-state index contributed by atoms with van der Waals surface area (Å²) in [5.41, 5.74) is 0.202. The lowest BCUT2D eigenvalue weighted by molar-refractivity contribution is -0.137. The number of benzene rings is 2. The van der Waals surface area contributed by atoms with Gasteiger partial charge in [0.15, 0.2) is 0 Å². The molecule has 0 fully saturated rings. The summed E-state index contributed by atoms with van der Waals surface area (Å²) < 4.78 is 69.6. The Bertz CT molecular complexity index is 803. The van der Waals surface area contributed by atoms with Gasteiger partial charge in [0.25, 0.3) is 0 Å². The molecule has 8 heteroatoms. The van der Waals surface area contributed by atoms with Crippen LogP contribution < -0.4 is 9.46 Å². The van der Waals surface area contributed by atoms with E-state index in [-0.39, 0.29) is 23.8 Å². The molecule has 0 aromatic heterocycles. The molecule has 0 unspecified atom stereocenters. The smallest absolute Gasteiger partial charge is 0.416 e. The summed E-state index contributed by atoms with van der Waals surface area (Å²) in [6.45, 7) is 1.81. The molecule has 2 rings (SSSR count). The quantitative estimate of drug-likeness (QED) is 0.754. The third kappa shape index (κ3) is 5.47. The maximum absolute atomic E-state index is 12.6. The maximum atomic E-state index is 12.6. The zero-order chi connectivity index (χ0) is 18.5. The van der Waals surface area contributed by atoms with E-state index in [1.807, 2.05) is 6.92 Å². The Morgan fingerprint density at radius 1 is 1.08 bits per heavy atom. The van der Waals surface area contributed by atoms with Gasteiger partial charge in [0.1, 0.15) is 12.4 Å². The highest BCUT2D eigenvalue weighted by Crippen LogP contribution is 2.31. The van der Waals surface area contributed by atoms with E-state index >= 15 is 0 Å². The van der Waals surface area contributed by atoms with Gasteiger partial charge in [0, 0.05) is 6.54 Å². The first-order chi connectivity index (χ1) is 11.7. The topological polar surface area (TPSA) is 55.4 Å². The van der Waals surface area contributed by atoms with E-state index in [0.717, 1.165) is 24.1 Å². The Hall–Kier alpha value is -2.06. The predicted octanol–water partition coefficient (Wildman–Crippen LogP) is 3.63. The van der Waals surface area contributed by atoms with Crippen LogP contribution in [-0.2, 0) is 22.6 Å². The van der Waals surface area contributed by atoms with Gasteiger partial charge < -0.3 is 4.74 Å². The van der Waals surface area contributed by atoms with Crippen molar-refractivity contribution in [3.8, 4) is 5.75 Å². The molecule has 0 aliphatic rings. The molecule has 0 spiro atoms. The van der Waals surface area contributed by atoms with E-state index in [1.54, 1.807) is 12.1 Å². The molecule has 0 amide bonds. The van der Waals surface area contributed by atoms with Crippen molar-refractivity contribution in [2.24, 2.45) is 0 Å². The average molecular weight is 373 g/mol. The largest absolute Gasteiger partial charge is 0.492 e. The van der Waals surface area contributed by atoms with E-state index < -0.39 is 21.8 Å². The van der Waals surface area contributed by atoms with Gasteiger partial charge in [-0.05, 0) is 42.3 Å². The highest BCUT2D eigenvalue weighted by molar-refractivity contribution is 7.89. The molecule has 0 heterocycles. The molecule has 0 atom stereocenters. The van der Waals surface area contributed by atoms with Crippen LogP contribution in [0.1, 0.15) is 18.1 Å². The zero-order valence-corrected chi connectivity index (χ0v) is 14.3.